The molecule has 41 heavy (non-hydrogen) atoms. The third-order valence-corrected chi connectivity index (χ3v) is 10.2. The molecule has 2 aromatic carbocycles. The SMILES string of the molecule is Cc1ccc(S(=O)(=O)n2c(C(=O)O)ccc2-c2nn(COCC[Si](C)(C)C)c3nccc(-c4ccccc4)c23)cc1. The molecule has 9 nitrogen and oxygen atoms in total. The summed E-state index contributed by atoms with van der Waals surface area (Å²) < 4.78 is 36.4. The monoisotopic (exact) mass is 588 g/mol. The van der Waals surface area contributed by atoms with Crippen molar-refractivity contribution in [3.8, 4) is 22.5 Å². The Morgan fingerprint density at radius 1 is 0.976 bits per heavy atom. The summed E-state index contributed by atoms with van der Waals surface area (Å²) in [5.74, 6) is -1.37. The molecule has 212 valence electrons. The minimum absolute atomic E-state index is 0.0251. The molecule has 0 radical (unpaired) electrons. The number of aryl methyl sites for hydroxylation is 1. The molecule has 3 heterocycles. The van der Waals surface area contributed by atoms with E-state index in [4.69, 9.17) is 9.84 Å². The van der Waals surface area contributed by atoms with Gasteiger partial charge in [-0.05, 0) is 54.4 Å². The summed E-state index contributed by atoms with van der Waals surface area (Å²) in [5.41, 5.74) is 3.09. The van der Waals surface area contributed by atoms with E-state index < -0.39 is 24.1 Å². The second kappa shape index (κ2) is 11.1. The minimum Gasteiger partial charge on any atom is -0.477 e. The lowest BCUT2D eigenvalue weighted by Crippen LogP contribution is -2.22. The van der Waals surface area contributed by atoms with Crippen LogP contribution in [0.1, 0.15) is 16.1 Å². The summed E-state index contributed by atoms with van der Waals surface area (Å²) in [5, 5.41) is 15.4. The maximum Gasteiger partial charge on any atom is 0.353 e. The van der Waals surface area contributed by atoms with E-state index in [-0.39, 0.29) is 23.0 Å². The molecule has 0 aliphatic carbocycles. The number of hydrogen-bond donors (Lipinski definition) is 1. The number of ether oxygens (including phenoxy) is 1. The zero-order chi connectivity index (χ0) is 29.4. The number of carboxylic acids is 1. The predicted molar refractivity (Wildman–Crippen MR) is 161 cm³/mol. The summed E-state index contributed by atoms with van der Waals surface area (Å²) >= 11 is 0. The molecular weight excluding hydrogens is 557 g/mol. The number of fused-ring (bicyclic) bond motifs is 1. The minimum atomic E-state index is -4.30. The van der Waals surface area contributed by atoms with Crippen LogP contribution in [0.15, 0.2) is 83.9 Å². The highest BCUT2D eigenvalue weighted by atomic mass is 32.2. The standard InChI is InChI=1S/C30H32N4O5SSi/c1-21-10-12-23(13-11-21)40(37,38)34-25(14-15-26(34)30(35)36)28-27-24(22-8-6-5-7-9-22)16-17-31-29(27)33(32-28)20-39-18-19-41(2,3)4/h5-17H,18-20H2,1-4H3,(H,35,36). The average Bonchev–Trinajstić information content (AvgIpc) is 3.54. The lowest BCUT2D eigenvalue weighted by atomic mass is 10.0. The lowest BCUT2D eigenvalue weighted by Gasteiger charge is -2.15. The van der Waals surface area contributed by atoms with Crippen LogP contribution in [0.25, 0.3) is 33.5 Å². The average molecular weight is 589 g/mol. The molecule has 0 spiro atoms. The number of rotatable bonds is 10. The van der Waals surface area contributed by atoms with Gasteiger partial charge in [0, 0.05) is 20.9 Å². The third kappa shape index (κ3) is 5.74. The van der Waals surface area contributed by atoms with Crippen LogP contribution in [-0.4, -0.2) is 52.9 Å². The largest absolute Gasteiger partial charge is 0.477 e. The van der Waals surface area contributed by atoms with Crippen molar-refractivity contribution in [3.63, 3.8) is 0 Å². The van der Waals surface area contributed by atoms with E-state index in [1.807, 2.05) is 43.3 Å². The fourth-order valence-electron chi connectivity index (χ4n) is 4.59. The van der Waals surface area contributed by atoms with Gasteiger partial charge in [0.1, 0.15) is 18.1 Å². The number of hydrogen-bond acceptors (Lipinski definition) is 6. The van der Waals surface area contributed by atoms with Gasteiger partial charge >= 0.3 is 5.97 Å². The van der Waals surface area contributed by atoms with Crippen molar-refractivity contribution in [1.82, 2.24) is 18.7 Å². The molecule has 0 saturated carbocycles. The van der Waals surface area contributed by atoms with E-state index in [9.17, 15) is 18.3 Å². The van der Waals surface area contributed by atoms with E-state index >= 15 is 0 Å². The highest BCUT2D eigenvalue weighted by molar-refractivity contribution is 7.90. The number of pyridine rings is 1. The second-order valence-corrected chi connectivity index (χ2v) is 18.5. The first-order chi connectivity index (χ1) is 19.5. The van der Waals surface area contributed by atoms with Gasteiger partial charge in [-0.25, -0.2) is 26.9 Å². The highest BCUT2D eigenvalue weighted by Gasteiger charge is 2.30. The smallest absolute Gasteiger partial charge is 0.353 e. The van der Waals surface area contributed by atoms with Gasteiger partial charge in [-0.3, -0.25) is 0 Å². The maximum absolute atomic E-state index is 14.0. The summed E-state index contributed by atoms with van der Waals surface area (Å²) in [6.07, 6.45) is 1.68. The summed E-state index contributed by atoms with van der Waals surface area (Å²) in [4.78, 5) is 16.8. The van der Waals surface area contributed by atoms with E-state index in [2.05, 4.69) is 24.6 Å². The molecule has 0 saturated heterocycles. The Labute approximate surface area is 240 Å². The van der Waals surface area contributed by atoms with Gasteiger partial charge in [0.2, 0.25) is 0 Å². The molecule has 0 fully saturated rings. The van der Waals surface area contributed by atoms with Crippen molar-refractivity contribution in [3.05, 3.63) is 90.3 Å². The van der Waals surface area contributed by atoms with Crippen LogP contribution in [0.5, 0.6) is 0 Å². The number of nitrogens with zero attached hydrogens (tertiary/aromatic N) is 4. The number of carboxylic acid groups (broad SMARTS) is 1. The topological polar surface area (TPSA) is 116 Å². The normalized spacial score (nSPS) is 12.2. The maximum atomic E-state index is 14.0. The zero-order valence-corrected chi connectivity index (χ0v) is 25.2. The van der Waals surface area contributed by atoms with Crippen molar-refractivity contribution in [2.24, 2.45) is 0 Å². The molecule has 0 amide bonds. The second-order valence-electron chi connectivity index (χ2n) is 11.1. The summed E-state index contributed by atoms with van der Waals surface area (Å²) in [6.45, 7) is 9.34. The Balaban J connectivity index is 1.74. The van der Waals surface area contributed by atoms with Crippen LogP contribution >= 0.6 is 0 Å². The van der Waals surface area contributed by atoms with Crippen LogP contribution in [-0.2, 0) is 21.5 Å². The first-order valence-electron chi connectivity index (χ1n) is 13.2. The van der Waals surface area contributed by atoms with E-state index in [0.29, 0.717) is 23.3 Å². The van der Waals surface area contributed by atoms with Crippen LogP contribution < -0.4 is 0 Å². The number of aromatic carboxylic acids is 1. The van der Waals surface area contributed by atoms with Crippen molar-refractivity contribution in [1.29, 1.82) is 0 Å². The molecule has 0 bridgehead atoms. The van der Waals surface area contributed by atoms with Crippen LogP contribution in [0.3, 0.4) is 0 Å². The lowest BCUT2D eigenvalue weighted by molar-refractivity contribution is 0.0689. The van der Waals surface area contributed by atoms with E-state index in [1.165, 1.54) is 24.3 Å². The molecule has 5 aromatic rings. The molecule has 1 N–H and O–H groups in total. The Kier molecular flexibility index (Phi) is 7.69. The molecule has 0 aliphatic rings. The number of benzene rings is 2. The van der Waals surface area contributed by atoms with Crippen molar-refractivity contribution in [2.75, 3.05) is 6.61 Å². The van der Waals surface area contributed by atoms with Gasteiger partial charge in [-0.2, -0.15) is 5.10 Å². The van der Waals surface area contributed by atoms with Gasteiger partial charge in [0.25, 0.3) is 10.0 Å². The first-order valence-corrected chi connectivity index (χ1v) is 18.4. The van der Waals surface area contributed by atoms with Gasteiger partial charge in [0.05, 0.1) is 16.0 Å². The molecule has 0 aliphatic heterocycles. The predicted octanol–water partition coefficient (Wildman–Crippen LogP) is 6.12. The Morgan fingerprint density at radius 3 is 2.34 bits per heavy atom. The molecule has 11 heteroatoms. The van der Waals surface area contributed by atoms with Crippen molar-refractivity contribution >= 4 is 35.1 Å². The quantitative estimate of drug-likeness (QED) is 0.154. The Morgan fingerprint density at radius 2 is 1.68 bits per heavy atom. The fourth-order valence-corrected chi connectivity index (χ4v) is 6.84. The van der Waals surface area contributed by atoms with E-state index in [0.717, 1.165) is 26.7 Å². The molecule has 0 atom stereocenters. The number of aromatic nitrogens is 4. The van der Waals surface area contributed by atoms with Gasteiger partial charge in [-0.1, -0.05) is 67.7 Å². The van der Waals surface area contributed by atoms with Crippen molar-refractivity contribution in [2.45, 2.75) is 44.2 Å². The third-order valence-electron chi connectivity index (χ3n) is 6.79. The number of carbonyl (C=O) groups is 1. The van der Waals surface area contributed by atoms with Crippen LogP contribution in [0.2, 0.25) is 25.7 Å². The molecule has 5 rings (SSSR count). The Hall–Kier alpha value is -4.06. The Bertz CT molecular complexity index is 1820. The zero-order valence-electron chi connectivity index (χ0n) is 23.4. The van der Waals surface area contributed by atoms with Crippen molar-refractivity contribution < 1.29 is 23.1 Å². The van der Waals surface area contributed by atoms with Crippen LogP contribution in [0.4, 0.5) is 0 Å². The first kappa shape index (κ1) is 28.5. The molecule has 0 unspecified atom stereocenters. The molecule has 3 aromatic heterocycles. The van der Waals surface area contributed by atoms with Gasteiger partial charge in [-0.15, -0.1) is 0 Å². The van der Waals surface area contributed by atoms with Crippen LogP contribution in [0, 0.1) is 6.92 Å². The highest BCUT2D eigenvalue weighted by Crippen LogP contribution is 2.37. The van der Waals surface area contributed by atoms with Gasteiger partial charge in [0.15, 0.2) is 5.65 Å². The van der Waals surface area contributed by atoms with Gasteiger partial charge < -0.3 is 9.84 Å². The molecular formula is C30H32N4O5SSi. The fraction of sp³-hybridized carbons (Fsp3) is 0.233. The summed E-state index contributed by atoms with van der Waals surface area (Å²) in [6, 6.07) is 21.5. The van der Waals surface area contributed by atoms with E-state index in [1.54, 1.807) is 23.0 Å². The summed E-state index contributed by atoms with van der Waals surface area (Å²) in [7, 11) is -5.62.